The van der Waals surface area contributed by atoms with Crippen molar-refractivity contribution in [1.82, 2.24) is 14.8 Å². The van der Waals surface area contributed by atoms with Crippen LogP contribution in [0.2, 0.25) is 0 Å². The van der Waals surface area contributed by atoms with E-state index in [1.165, 1.54) is 47.7 Å². The number of carbonyl (C=O) groups is 1. The number of carbonyl (C=O) groups excluding carboxylic acids is 1. The summed E-state index contributed by atoms with van der Waals surface area (Å²) >= 11 is 1.19. The molecule has 5 aromatic rings. The molecule has 0 bridgehead atoms. The fraction of sp³-hybridized carbons (Fsp3) is 0.219. The van der Waals surface area contributed by atoms with E-state index in [0.717, 1.165) is 18.5 Å². The van der Waals surface area contributed by atoms with Crippen molar-refractivity contribution < 1.29 is 26.9 Å². The first-order chi connectivity index (χ1) is 21.2. The summed E-state index contributed by atoms with van der Waals surface area (Å²) in [4.78, 5) is 17.1. The third-order valence-corrected chi connectivity index (χ3v) is 9.04. The van der Waals surface area contributed by atoms with Crippen LogP contribution in [0.25, 0.3) is 27.5 Å². The second-order valence-electron chi connectivity index (χ2n) is 10.6. The quantitative estimate of drug-likeness (QED) is 0.104. The maximum absolute atomic E-state index is 15.3. The highest BCUT2D eigenvalue weighted by Crippen LogP contribution is 2.39. The molecular formula is C32H28F3N4O3S2+. The molecule has 2 aromatic heterocycles. The Labute approximate surface area is 258 Å². The van der Waals surface area contributed by atoms with Gasteiger partial charge in [0, 0.05) is 34.6 Å². The molecule has 1 unspecified atom stereocenters. The first-order valence-corrected chi connectivity index (χ1v) is 16.2. The molecule has 0 aliphatic heterocycles. The normalized spacial score (nSPS) is 13.7. The van der Waals surface area contributed by atoms with Crippen LogP contribution in [0.1, 0.15) is 47.1 Å². The molecule has 12 heteroatoms. The Morgan fingerprint density at radius 2 is 1.89 bits per heavy atom. The summed E-state index contributed by atoms with van der Waals surface area (Å²) in [6.07, 6.45) is 2.84. The van der Waals surface area contributed by atoms with E-state index < -0.39 is 34.4 Å². The second kappa shape index (κ2) is 12.5. The highest BCUT2D eigenvalue weighted by Gasteiger charge is 2.30. The number of aromatic nitrogens is 3. The number of halogens is 3. The number of esters is 1. The number of ether oxygens (including phenoxy) is 1. The molecule has 226 valence electrons. The number of nitrogens with two attached hydrogens (primary N) is 1. The molecule has 44 heavy (non-hydrogen) atoms. The van der Waals surface area contributed by atoms with Crippen molar-refractivity contribution in [2.75, 3.05) is 6.61 Å². The average Bonchev–Trinajstić information content (AvgIpc) is 3.55. The largest absolute Gasteiger partial charge is 0.461 e. The average molecular weight is 638 g/mol. The fourth-order valence-corrected chi connectivity index (χ4v) is 6.30. The fourth-order valence-electron chi connectivity index (χ4n) is 5.09. The van der Waals surface area contributed by atoms with Crippen LogP contribution >= 0.6 is 11.3 Å². The van der Waals surface area contributed by atoms with Crippen molar-refractivity contribution in [3.63, 3.8) is 0 Å². The maximum atomic E-state index is 15.3. The highest BCUT2D eigenvalue weighted by atomic mass is 32.2. The summed E-state index contributed by atoms with van der Waals surface area (Å²) in [5.74, 6) is -1.76. The van der Waals surface area contributed by atoms with Gasteiger partial charge >= 0.3 is 5.97 Å². The van der Waals surface area contributed by atoms with Gasteiger partial charge in [-0.2, -0.15) is 5.10 Å². The number of thiol groups is 1. The minimum atomic E-state index is -2.21. The minimum absolute atomic E-state index is 0.119. The number of hydrogen-bond acceptors (Lipinski definition) is 6. The van der Waals surface area contributed by atoms with Crippen LogP contribution in [0, 0.1) is 23.4 Å². The summed E-state index contributed by atoms with van der Waals surface area (Å²) in [6.45, 7) is 1.89. The lowest BCUT2D eigenvalue weighted by Crippen LogP contribution is -2.06. The summed E-state index contributed by atoms with van der Waals surface area (Å²) in [5, 5.41) is 12.4. The van der Waals surface area contributed by atoms with E-state index in [2.05, 4.69) is 4.98 Å². The van der Waals surface area contributed by atoms with Crippen molar-refractivity contribution in [3.05, 3.63) is 106 Å². The molecule has 0 spiro atoms. The van der Waals surface area contributed by atoms with E-state index in [1.807, 2.05) is 0 Å². The number of hydrogen-bond donors (Lipinski definition) is 1. The second-order valence-corrected chi connectivity index (χ2v) is 12.6. The Kier molecular flexibility index (Phi) is 8.48. The molecule has 3 aromatic carbocycles. The first kappa shape index (κ1) is 29.9. The van der Waals surface area contributed by atoms with Crippen LogP contribution in [-0.2, 0) is 32.8 Å². The van der Waals surface area contributed by atoms with Gasteiger partial charge in [-0.1, -0.05) is 22.4 Å². The smallest absolute Gasteiger partial charge is 0.357 e. The Morgan fingerprint density at radius 1 is 1.07 bits per heavy atom. The van der Waals surface area contributed by atoms with Crippen molar-refractivity contribution >= 4 is 28.3 Å². The molecular weight excluding hydrogens is 610 g/mol. The van der Waals surface area contributed by atoms with Gasteiger partial charge in [-0.25, -0.2) is 27.6 Å². The molecule has 1 fully saturated rings. The zero-order valence-corrected chi connectivity index (χ0v) is 25.3. The van der Waals surface area contributed by atoms with Gasteiger partial charge in [0.05, 0.1) is 18.0 Å². The lowest BCUT2D eigenvalue weighted by atomic mass is 9.94. The molecule has 7 nitrogen and oxygen atoms in total. The van der Waals surface area contributed by atoms with E-state index in [0.29, 0.717) is 45.4 Å². The summed E-state index contributed by atoms with van der Waals surface area (Å²) < 4.78 is 63.2. The standard InChI is InChI=1S/C32H27F3N4O3S2/c1-2-42-31(40)29-17-43-32(37-29)39-30(21-9-11-26(34)24(15-21)19-4-3-5-22(33)13-19)25(28(38-39)12-18-6-7-18)14-20-8-10-23(44(36)41)16-27(20)35/h3-5,8-11,13,15-18H,2,6-7,12,14H2,1H3,(H2,36,41)/p+1. The van der Waals surface area contributed by atoms with E-state index in [4.69, 9.17) is 15.0 Å². The summed E-state index contributed by atoms with van der Waals surface area (Å²) in [7, 11) is -2.21. The molecule has 2 heterocycles. The Bertz CT molecular complexity index is 1900. The summed E-state index contributed by atoms with van der Waals surface area (Å²) in [5.41, 5.74) is 3.50. The van der Waals surface area contributed by atoms with Gasteiger partial charge in [-0.15, -0.1) is 16.5 Å². The lowest BCUT2D eigenvalue weighted by molar-refractivity contribution is 0.0520. The van der Waals surface area contributed by atoms with Gasteiger partial charge in [0.25, 0.3) is 0 Å². The molecule has 0 saturated heterocycles. The van der Waals surface area contributed by atoms with Gasteiger partial charge in [-0.3, -0.25) is 0 Å². The van der Waals surface area contributed by atoms with E-state index in [1.54, 1.807) is 41.3 Å². The predicted molar refractivity (Wildman–Crippen MR) is 164 cm³/mol. The third-order valence-electron chi connectivity index (χ3n) is 7.44. The van der Waals surface area contributed by atoms with Crippen molar-refractivity contribution in [2.24, 2.45) is 11.1 Å². The molecule has 1 aliphatic carbocycles. The van der Waals surface area contributed by atoms with Gasteiger partial charge in [0.1, 0.15) is 17.5 Å². The monoisotopic (exact) mass is 637 g/mol. The van der Waals surface area contributed by atoms with Gasteiger partial charge in [-0.05, 0) is 79.6 Å². The topological polar surface area (TPSA) is 100 Å². The Hall–Kier alpha value is -4.13. The van der Waals surface area contributed by atoms with Gasteiger partial charge < -0.3 is 4.74 Å². The first-order valence-electron chi connectivity index (χ1n) is 14.0. The van der Waals surface area contributed by atoms with E-state index >= 15 is 8.78 Å². The van der Waals surface area contributed by atoms with Crippen molar-refractivity contribution in [1.29, 1.82) is 0 Å². The number of benzene rings is 3. The zero-order valence-electron chi connectivity index (χ0n) is 23.6. The lowest BCUT2D eigenvalue weighted by Gasteiger charge is -2.12. The Balaban J connectivity index is 1.55. The molecule has 0 amide bonds. The van der Waals surface area contributed by atoms with Crippen LogP contribution in [-0.4, -0.2) is 27.3 Å². The van der Waals surface area contributed by atoms with E-state index in [9.17, 15) is 13.4 Å². The molecule has 0 radical (unpaired) electrons. The number of rotatable bonds is 10. The molecule has 6 rings (SSSR count). The molecule has 1 atom stereocenters. The van der Waals surface area contributed by atoms with Crippen LogP contribution < -0.4 is 5.14 Å². The molecule has 1 aliphatic rings. The zero-order chi connectivity index (χ0) is 31.0. The van der Waals surface area contributed by atoms with Crippen LogP contribution in [0.5, 0.6) is 0 Å². The highest BCUT2D eigenvalue weighted by molar-refractivity contribution is 7.82. The van der Waals surface area contributed by atoms with Crippen molar-refractivity contribution in [3.8, 4) is 27.5 Å². The summed E-state index contributed by atoms with van der Waals surface area (Å²) in [6, 6.07) is 14.4. The molecule has 1 saturated carbocycles. The van der Waals surface area contributed by atoms with Crippen LogP contribution in [0.3, 0.4) is 0 Å². The predicted octanol–water partition coefficient (Wildman–Crippen LogP) is 6.73. The maximum Gasteiger partial charge on any atom is 0.357 e. The van der Waals surface area contributed by atoms with Crippen LogP contribution in [0.4, 0.5) is 13.2 Å². The van der Waals surface area contributed by atoms with Gasteiger partial charge in [0.15, 0.2) is 21.6 Å². The van der Waals surface area contributed by atoms with Crippen molar-refractivity contribution in [2.45, 2.75) is 37.5 Å². The van der Waals surface area contributed by atoms with E-state index in [-0.39, 0.29) is 29.2 Å². The van der Waals surface area contributed by atoms with Crippen LogP contribution in [0.15, 0.2) is 70.9 Å². The third kappa shape index (κ3) is 6.23. The number of nitrogens with zero attached hydrogens (tertiary/aromatic N) is 3. The SMILES string of the molecule is CCOC(=O)c1csc(-n2nc(CC3CC3)c(Cc3ccc([SH+](N)=O)cc3F)c2-c2ccc(F)c(-c3cccc(F)c3)c2)n1. The molecule has 2 N–H and O–H groups in total. The Morgan fingerprint density at radius 3 is 2.59 bits per heavy atom. The minimum Gasteiger partial charge on any atom is -0.461 e. The van der Waals surface area contributed by atoms with Gasteiger partial charge in [0.2, 0.25) is 5.13 Å². The number of thiazole rings is 1.